The maximum Gasteiger partial charge on any atom is 0.242 e. The molecule has 0 aliphatic carbocycles. The molecule has 0 saturated heterocycles. The van der Waals surface area contributed by atoms with Gasteiger partial charge in [0, 0.05) is 26.0 Å². The van der Waals surface area contributed by atoms with Gasteiger partial charge in [0.25, 0.3) is 0 Å². The molecule has 5 nitrogen and oxygen atoms in total. The van der Waals surface area contributed by atoms with E-state index in [-0.39, 0.29) is 10.9 Å². The second-order valence-corrected chi connectivity index (χ2v) is 11.0. The molecule has 0 aromatic heterocycles. The Kier molecular flexibility index (Phi) is 7.14. The van der Waals surface area contributed by atoms with Crippen LogP contribution in [0.3, 0.4) is 0 Å². The normalized spacial score (nSPS) is 17.0. The smallest absolute Gasteiger partial charge is 0.242 e. The molecule has 0 bridgehead atoms. The molecule has 32 heavy (non-hydrogen) atoms. The van der Waals surface area contributed by atoms with Crippen molar-refractivity contribution >= 4 is 66.5 Å². The number of rotatable bonds is 6. The van der Waals surface area contributed by atoms with Crippen molar-refractivity contribution in [3.8, 4) is 0 Å². The number of benzene rings is 3. The highest BCUT2D eigenvalue weighted by Gasteiger charge is 2.32. The lowest BCUT2D eigenvalue weighted by atomic mass is 9.96. The molecule has 0 radical (unpaired) electrons. The second kappa shape index (κ2) is 9.71. The first-order valence-corrected chi connectivity index (χ1v) is 12.9. The molecular formula is C22H17BrCl3N3O2S. The molecule has 1 heterocycles. The van der Waals surface area contributed by atoms with Crippen molar-refractivity contribution in [1.82, 2.24) is 10.1 Å². The lowest BCUT2D eigenvalue weighted by Gasteiger charge is -2.21. The summed E-state index contributed by atoms with van der Waals surface area (Å²) in [5.74, 6) is 0. The number of sulfonamides is 1. The van der Waals surface area contributed by atoms with Crippen LogP contribution in [0.1, 0.15) is 29.6 Å². The Morgan fingerprint density at radius 2 is 1.69 bits per heavy atom. The van der Waals surface area contributed by atoms with Crippen LogP contribution in [0.25, 0.3) is 0 Å². The van der Waals surface area contributed by atoms with Gasteiger partial charge in [-0.05, 0) is 63.5 Å². The van der Waals surface area contributed by atoms with E-state index in [1.807, 2.05) is 12.1 Å². The van der Waals surface area contributed by atoms with E-state index in [4.69, 9.17) is 34.8 Å². The van der Waals surface area contributed by atoms with Gasteiger partial charge in [-0.2, -0.15) is 9.82 Å². The topological polar surface area (TPSA) is 70.6 Å². The summed E-state index contributed by atoms with van der Waals surface area (Å²) in [5, 5.41) is 5.90. The Morgan fingerprint density at radius 3 is 2.38 bits per heavy atom. The molecule has 3 aromatic rings. The summed E-state index contributed by atoms with van der Waals surface area (Å²) in [6.45, 7) is 0. The fraction of sp³-hybridized carbons (Fsp3) is 0.136. The monoisotopic (exact) mass is 571 g/mol. The molecule has 2 N–H and O–H groups in total. The van der Waals surface area contributed by atoms with E-state index in [2.05, 4.69) is 31.2 Å². The van der Waals surface area contributed by atoms with Crippen molar-refractivity contribution in [2.45, 2.75) is 23.4 Å². The zero-order valence-corrected chi connectivity index (χ0v) is 21.1. The third-order valence-corrected chi connectivity index (χ3v) is 8.30. The van der Waals surface area contributed by atoms with Gasteiger partial charge in [0.15, 0.2) is 0 Å². The quantitative estimate of drug-likeness (QED) is 0.353. The molecule has 2 unspecified atom stereocenters. The van der Waals surface area contributed by atoms with Crippen LogP contribution in [-0.2, 0) is 10.0 Å². The number of hydrogen-bond donors (Lipinski definition) is 2. The third-order valence-electron chi connectivity index (χ3n) is 5.06. The SMILES string of the molecule is O=S(=O)(NC(C1=NNC(c2ccc(Cl)cc2)C1)c1ccc(Cl)cc1Cl)c1ccccc1Br. The van der Waals surface area contributed by atoms with E-state index in [0.717, 1.165) is 5.56 Å². The highest BCUT2D eigenvalue weighted by molar-refractivity contribution is 9.10. The lowest BCUT2D eigenvalue weighted by molar-refractivity contribution is 0.576. The Balaban J connectivity index is 1.69. The highest BCUT2D eigenvalue weighted by Crippen LogP contribution is 2.34. The van der Waals surface area contributed by atoms with Crippen molar-refractivity contribution in [3.05, 3.63) is 97.4 Å². The first-order valence-electron chi connectivity index (χ1n) is 9.54. The summed E-state index contributed by atoms with van der Waals surface area (Å²) in [4.78, 5) is 0.121. The van der Waals surface area contributed by atoms with E-state index >= 15 is 0 Å². The molecule has 166 valence electrons. The van der Waals surface area contributed by atoms with Gasteiger partial charge in [-0.1, -0.05) is 65.1 Å². The second-order valence-electron chi connectivity index (χ2n) is 7.19. The van der Waals surface area contributed by atoms with Gasteiger partial charge < -0.3 is 5.43 Å². The van der Waals surface area contributed by atoms with Crippen molar-refractivity contribution in [1.29, 1.82) is 0 Å². The zero-order chi connectivity index (χ0) is 22.9. The molecule has 10 heteroatoms. The third kappa shape index (κ3) is 5.14. The average molecular weight is 574 g/mol. The fourth-order valence-corrected chi connectivity index (χ4v) is 6.31. The number of halogens is 4. The van der Waals surface area contributed by atoms with Crippen molar-refractivity contribution < 1.29 is 8.42 Å². The van der Waals surface area contributed by atoms with Gasteiger partial charge >= 0.3 is 0 Å². The van der Waals surface area contributed by atoms with Crippen molar-refractivity contribution in [3.63, 3.8) is 0 Å². The van der Waals surface area contributed by atoms with E-state index in [9.17, 15) is 8.42 Å². The molecule has 0 amide bonds. The van der Waals surface area contributed by atoms with Crippen molar-refractivity contribution in [2.24, 2.45) is 5.10 Å². The molecule has 0 saturated carbocycles. The van der Waals surface area contributed by atoms with Crippen LogP contribution >= 0.6 is 50.7 Å². The van der Waals surface area contributed by atoms with Gasteiger partial charge in [-0.3, -0.25) is 0 Å². The lowest BCUT2D eigenvalue weighted by Crippen LogP contribution is -2.34. The Bertz CT molecular complexity index is 1280. The summed E-state index contributed by atoms with van der Waals surface area (Å²) in [6, 6.07) is 18.1. The van der Waals surface area contributed by atoms with Crippen molar-refractivity contribution in [2.75, 3.05) is 0 Å². The predicted octanol–water partition coefficient (Wildman–Crippen LogP) is 6.52. The summed E-state index contributed by atoms with van der Waals surface area (Å²) in [6.07, 6.45) is 0.476. The first-order chi connectivity index (χ1) is 15.2. The zero-order valence-electron chi connectivity index (χ0n) is 16.4. The molecule has 1 aliphatic rings. The van der Waals surface area contributed by atoms with Gasteiger partial charge in [0.2, 0.25) is 10.0 Å². The number of nitrogens with one attached hydrogen (secondary N) is 2. The minimum atomic E-state index is -3.90. The molecule has 0 spiro atoms. The van der Waals surface area contributed by atoms with Crippen LogP contribution in [0.5, 0.6) is 0 Å². The molecular weight excluding hydrogens is 557 g/mol. The Labute approximate surface area is 210 Å². The fourth-order valence-electron chi connectivity index (χ4n) is 3.46. The maximum absolute atomic E-state index is 13.3. The maximum atomic E-state index is 13.3. The van der Waals surface area contributed by atoms with Crippen LogP contribution in [-0.4, -0.2) is 14.1 Å². The Morgan fingerprint density at radius 1 is 1.00 bits per heavy atom. The highest BCUT2D eigenvalue weighted by atomic mass is 79.9. The van der Waals surface area contributed by atoms with E-state index in [1.165, 1.54) is 6.07 Å². The van der Waals surface area contributed by atoms with Crippen LogP contribution in [0, 0.1) is 0 Å². The summed E-state index contributed by atoms with van der Waals surface area (Å²) >= 11 is 21.8. The summed E-state index contributed by atoms with van der Waals surface area (Å²) in [7, 11) is -3.90. The first kappa shape index (κ1) is 23.5. The minimum Gasteiger partial charge on any atom is -0.302 e. The number of nitrogens with zero attached hydrogens (tertiary/aromatic N) is 1. The minimum absolute atomic E-state index is 0.121. The van der Waals surface area contributed by atoms with Crippen LogP contribution in [0.4, 0.5) is 0 Å². The van der Waals surface area contributed by atoms with E-state index < -0.39 is 16.1 Å². The predicted molar refractivity (Wildman–Crippen MR) is 133 cm³/mol. The van der Waals surface area contributed by atoms with E-state index in [1.54, 1.807) is 48.5 Å². The van der Waals surface area contributed by atoms with E-state index in [0.29, 0.717) is 37.2 Å². The number of hydrazone groups is 1. The number of hydrogen-bond acceptors (Lipinski definition) is 4. The largest absolute Gasteiger partial charge is 0.302 e. The van der Waals surface area contributed by atoms with Crippen LogP contribution < -0.4 is 10.1 Å². The molecule has 4 rings (SSSR count). The average Bonchev–Trinajstić information content (AvgIpc) is 3.23. The molecule has 0 fully saturated rings. The van der Waals surface area contributed by atoms with Gasteiger partial charge in [0.05, 0.1) is 22.7 Å². The van der Waals surface area contributed by atoms with Crippen LogP contribution in [0.15, 0.2) is 81.2 Å². The van der Waals surface area contributed by atoms with Gasteiger partial charge in [-0.25, -0.2) is 8.42 Å². The molecule has 3 aromatic carbocycles. The summed E-state index contributed by atoms with van der Waals surface area (Å²) < 4.78 is 29.8. The van der Waals surface area contributed by atoms with Crippen LogP contribution in [0.2, 0.25) is 15.1 Å². The molecule has 2 atom stereocenters. The molecule has 1 aliphatic heterocycles. The van der Waals surface area contributed by atoms with Gasteiger partial charge in [0.1, 0.15) is 0 Å². The summed E-state index contributed by atoms with van der Waals surface area (Å²) in [5.41, 5.74) is 5.24. The Hall–Kier alpha value is -1.61. The standard InChI is InChI=1S/C22H17BrCl3N3O2S/c23-17-3-1-2-4-21(17)32(30,31)29-22(16-10-9-15(25)11-18(16)26)20-12-19(27-28-20)13-5-7-14(24)8-6-13/h1-11,19,22,27,29H,12H2. The van der Waals surface area contributed by atoms with Gasteiger partial charge in [-0.15, -0.1) is 0 Å².